The molecule has 3 aromatic rings. The maximum atomic E-state index is 13.0. The fourth-order valence-corrected chi connectivity index (χ4v) is 2.97. The predicted octanol–water partition coefficient (Wildman–Crippen LogP) is 4.39. The van der Waals surface area contributed by atoms with Crippen molar-refractivity contribution in [1.82, 2.24) is 15.1 Å². The van der Waals surface area contributed by atoms with Crippen LogP contribution >= 0.6 is 0 Å². The fraction of sp³-hybridized carbons (Fsp3) is 0.304. The quantitative estimate of drug-likeness (QED) is 0.646. The van der Waals surface area contributed by atoms with E-state index in [-0.39, 0.29) is 11.9 Å². The molecule has 1 N–H and O–H groups in total. The molecule has 0 saturated carbocycles. The SMILES string of the molecule is CC[C@@H](C)NC(=O)c1cc(-c2ccc(OC)cc2OC)nn1-c1ccc(C)cc1. The third-order valence-electron chi connectivity index (χ3n) is 4.90. The molecule has 0 radical (unpaired) electrons. The van der Waals surface area contributed by atoms with Gasteiger partial charge in [-0.05, 0) is 50.6 Å². The van der Waals surface area contributed by atoms with Crippen molar-refractivity contribution >= 4 is 5.91 Å². The second-order valence-corrected chi connectivity index (χ2v) is 7.01. The van der Waals surface area contributed by atoms with Gasteiger partial charge in [-0.25, -0.2) is 4.68 Å². The van der Waals surface area contributed by atoms with Crippen molar-refractivity contribution in [3.05, 3.63) is 59.8 Å². The molecule has 0 aliphatic rings. The topological polar surface area (TPSA) is 65.4 Å². The highest BCUT2D eigenvalue weighted by Gasteiger charge is 2.20. The zero-order valence-corrected chi connectivity index (χ0v) is 17.5. The molecule has 1 heterocycles. The first-order valence-corrected chi connectivity index (χ1v) is 9.67. The van der Waals surface area contributed by atoms with Crippen molar-refractivity contribution in [3.63, 3.8) is 0 Å². The second kappa shape index (κ2) is 8.82. The van der Waals surface area contributed by atoms with Crippen LogP contribution in [0.3, 0.4) is 0 Å². The van der Waals surface area contributed by atoms with Gasteiger partial charge >= 0.3 is 0 Å². The predicted molar refractivity (Wildman–Crippen MR) is 114 cm³/mol. The molecule has 6 nitrogen and oxygen atoms in total. The maximum absolute atomic E-state index is 13.0. The van der Waals surface area contributed by atoms with E-state index in [1.807, 2.05) is 57.2 Å². The molecule has 152 valence electrons. The van der Waals surface area contributed by atoms with E-state index in [2.05, 4.69) is 5.32 Å². The first kappa shape index (κ1) is 20.5. The Hall–Kier alpha value is -3.28. The number of benzene rings is 2. The monoisotopic (exact) mass is 393 g/mol. The zero-order chi connectivity index (χ0) is 21.0. The van der Waals surface area contributed by atoms with E-state index in [1.54, 1.807) is 31.0 Å². The van der Waals surface area contributed by atoms with Crippen molar-refractivity contribution in [2.75, 3.05) is 14.2 Å². The number of ether oxygens (including phenoxy) is 2. The molecule has 0 spiro atoms. The van der Waals surface area contributed by atoms with Crippen LogP contribution in [0.25, 0.3) is 16.9 Å². The van der Waals surface area contributed by atoms with Crippen LogP contribution in [-0.4, -0.2) is 35.9 Å². The molecule has 6 heteroatoms. The summed E-state index contributed by atoms with van der Waals surface area (Å²) in [7, 11) is 3.21. The van der Waals surface area contributed by atoms with Gasteiger partial charge in [0.15, 0.2) is 0 Å². The number of hydrogen-bond acceptors (Lipinski definition) is 4. The van der Waals surface area contributed by atoms with Gasteiger partial charge in [0.25, 0.3) is 5.91 Å². The minimum atomic E-state index is -0.161. The van der Waals surface area contributed by atoms with E-state index in [0.717, 1.165) is 23.2 Å². The van der Waals surface area contributed by atoms with Crippen LogP contribution in [0.15, 0.2) is 48.5 Å². The molecule has 0 fully saturated rings. The second-order valence-electron chi connectivity index (χ2n) is 7.01. The van der Waals surface area contributed by atoms with E-state index < -0.39 is 0 Å². The number of carbonyl (C=O) groups excluding carboxylic acids is 1. The summed E-state index contributed by atoms with van der Waals surface area (Å²) in [6.07, 6.45) is 0.851. The summed E-state index contributed by atoms with van der Waals surface area (Å²) >= 11 is 0. The van der Waals surface area contributed by atoms with Crippen LogP contribution in [0, 0.1) is 6.92 Å². The summed E-state index contributed by atoms with van der Waals surface area (Å²) in [4.78, 5) is 13.0. The standard InChI is InChI=1S/C23H27N3O3/c1-6-16(3)24-23(27)21-14-20(19-12-11-18(28-4)13-22(19)29-5)25-26(21)17-9-7-15(2)8-10-17/h7-14,16H,6H2,1-5H3,(H,24,27)/t16-/m1/s1. The van der Waals surface area contributed by atoms with Gasteiger partial charge in [-0.3, -0.25) is 4.79 Å². The zero-order valence-electron chi connectivity index (χ0n) is 17.5. The summed E-state index contributed by atoms with van der Waals surface area (Å²) in [5.74, 6) is 1.16. The van der Waals surface area contributed by atoms with Gasteiger partial charge in [-0.15, -0.1) is 0 Å². The maximum Gasteiger partial charge on any atom is 0.270 e. The minimum Gasteiger partial charge on any atom is -0.497 e. The van der Waals surface area contributed by atoms with E-state index >= 15 is 0 Å². The lowest BCUT2D eigenvalue weighted by atomic mass is 10.1. The Morgan fingerprint density at radius 3 is 2.45 bits per heavy atom. The summed E-state index contributed by atoms with van der Waals surface area (Å²) in [5.41, 5.74) is 3.88. The Labute approximate surface area is 171 Å². The number of hydrogen-bond donors (Lipinski definition) is 1. The Morgan fingerprint density at radius 2 is 1.83 bits per heavy atom. The van der Waals surface area contributed by atoms with Gasteiger partial charge in [0.05, 0.1) is 25.6 Å². The summed E-state index contributed by atoms with van der Waals surface area (Å²) < 4.78 is 12.5. The van der Waals surface area contributed by atoms with E-state index in [0.29, 0.717) is 22.9 Å². The third kappa shape index (κ3) is 4.42. The van der Waals surface area contributed by atoms with Crippen LogP contribution in [0.5, 0.6) is 11.5 Å². The molecule has 2 aromatic carbocycles. The molecular formula is C23H27N3O3. The average Bonchev–Trinajstić information content (AvgIpc) is 3.19. The van der Waals surface area contributed by atoms with Crippen molar-refractivity contribution in [1.29, 1.82) is 0 Å². The minimum absolute atomic E-state index is 0.0721. The lowest BCUT2D eigenvalue weighted by molar-refractivity contribution is 0.0931. The molecule has 1 atom stereocenters. The van der Waals surface area contributed by atoms with Gasteiger partial charge in [-0.1, -0.05) is 24.6 Å². The Kier molecular flexibility index (Phi) is 6.22. The largest absolute Gasteiger partial charge is 0.497 e. The third-order valence-corrected chi connectivity index (χ3v) is 4.90. The average molecular weight is 393 g/mol. The van der Waals surface area contributed by atoms with E-state index in [9.17, 15) is 4.79 Å². The summed E-state index contributed by atoms with van der Waals surface area (Å²) in [6, 6.07) is 15.3. The van der Waals surface area contributed by atoms with Crippen LogP contribution in [-0.2, 0) is 0 Å². The van der Waals surface area contributed by atoms with Crippen LogP contribution in [0.2, 0.25) is 0 Å². The highest BCUT2D eigenvalue weighted by molar-refractivity contribution is 5.94. The molecule has 0 aliphatic carbocycles. The number of carbonyl (C=O) groups is 1. The summed E-state index contributed by atoms with van der Waals surface area (Å²) in [6.45, 7) is 6.05. The molecule has 0 unspecified atom stereocenters. The number of aryl methyl sites for hydroxylation is 1. The van der Waals surface area contributed by atoms with Crippen molar-refractivity contribution in [2.45, 2.75) is 33.2 Å². The Morgan fingerprint density at radius 1 is 1.10 bits per heavy atom. The van der Waals surface area contributed by atoms with Gasteiger partial charge in [-0.2, -0.15) is 5.10 Å². The molecule has 29 heavy (non-hydrogen) atoms. The van der Waals surface area contributed by atoms with Crippen LogP contribution in [0.4, 0.5) is 0 Å². The first-order chi connectivity index (χ1) is 14.0. The Balaban J connectivity index is 2.11. The summed E-state index contributed by atoms with van der Waals surface area (Å²) in [5, 5.41) is 7.76. The number of aromatic nitrogens is 2. The van der Waals surface area contributed by atoms with Crippen molar-refractivity contribution in [2.24, 2.45) is 0 Å². The van der Waals surface area contributed by atoms with Crippen molar-refractivity contribution < 1.29 is 14.3 Å². The Bertz CT molecular complexity index is 993. The molecule has 1 aromatic heterocycles. The van der Waals surface area contributed by atoms with Gasteiger partial charge in [0.1, 0.15) is 17.2 Å². The highest BCUT2D eigenvalue weighted by atomic mass is 16.5. The van der Waals surface area contributed by atoms with Gasteiger partial charge in [0, 0.05) is 17.7 Å². The van der Waals surface area contributed by atoms with Crippen LogP contribution < -0.4 is 14.8 Å². The number of amides is 1. The van der Waals surface area contributed by atoms with Crippen molar-refractivity contribution in [3.8, 4) is 28.4 Å². The molecular weight excluding hydrogens is 366 g/mol. The van der Waals surface area contributed by atoms with E-state index in [4.69, 9.17) is 14.6 Å². The normalized spacial score (nSPS) is 11.8. The fourth-order valence-electron chi connectivity index (χ4n) is 2.97. The molecule has 3 rings (SSSR count). The van der Waals surface area contributed by atoms with Gasteiger partial charge in [0.2, 0.25) is 0 Å². The first-order valence-electron chi connectivity index (χ1n) is 9.67. The lowest BCUT2D eigenvalue weighted by Gasteiger charge is -2.12. The molecule has 1 amide bonds. The van der Waals surface area contributed by atoms with Crippen LogP contribution in [0.1, 0.15) is 36.3 Å². The lowest BCUT2D eigenvalue weighted by Crippen LogP contribution is -2.33. The molecule has 0 saturated heterocycles. The molecule has 0 aliphatic heterocycles. The highest BCUT2D eigenvalue weighted by Crippen LogP contribution is 2.33. The number of rotatable bonds is 7. The van der Waals surface area contributed by atoms with Gasteiger partial charge < -0.3 is 14.8 Å². The van der Waals surface area contributed by atoms with E-state index in [1.165, 1.54) is 0 Å². The smallest absolute Gasteiger partial charge is 0.270 e. The molecule has 0 bridgehead atoms. The number of nitrogens with one attached hydrogen (secondary N) is 1. The number of methoxy groups -OCH3 is 2. The number of nitrogens with zero attached hydrogens (tertiary/aromatic N) is 2.